The van der Waals surface area contributed by atoms with Crippen molar-refractivity contribution in [2.75, 3.05) is 13.7 Å². The molecule has 0 aromatic carbocycles. The van der Waals surface area contributed by atoms with E-state index in [0.717, 1.165) is 6.67 Å². The summed E-state index contributed by atoms with van der Waals surface area (Å²) in [5.74, 6) is 0. The Morgan fingerprint density at radius 3 is 2.86 bits per heavy atom. The Labute approximate surface area is 47.8 Å². The van der Waals surface area contributed by atoms with Gasteiger partial charge in [0.2, 0.25) is 0 Å². The van der Waals surface area contributed by atoms with Crippen molar-refractivity contribution in [2.45, 2.75) is 0 Å². The summed E-state index contributed by atoms with van der Waals surface area (Å²) in [7, 11) is 1.90. The van der Waals surface area contributed by atoms with E-state index < -0.39 is 0 Å². The topological polar surface area (TPSA) is 15.3 Å². The second-order valence-electron chi connectivity index (χ2n) is 1.45. The van der Waals surface area contributed by atoms with Gasteiger partial charge in [-0.1, -0.05) is 11.6 Å². The molecular weight excluding hydrogens is 112 g/mol. The van der Waals surface area contributed by atoms with Crippen LogP contribution in [0.3, 0.4) is 0 Å². The van der Waals surface area contributed by atoms with Gasteiger partial charge in [-0.05, 0) is 0 Å². The first-order chi connectivity index (χ1) is 3.30. The summed E-state index contributed by atoms with van der Waals surface area (Å²) in [6.45, 7) is 0.777. The first kappa shape index (κ1) is 4.78. The fourth-order valence-electron chi connectivity index (χ4n) is 0.396. The van der Waals surface area contributed by atoms with Gasteiger partial charge in [0.25, 0.3) is 0 Å². The minimum absolute atomic E-state index is 0.653. The van der Waals surface area contributed by atoms with Gasteiger partial charge in [0.05, 0.1) is 12.9 Å². The highest BCUT2D eigenvalue weighted by molar-refractivity contribution is 6.28. The van der Waals surface area contributed by atoms with Crippen molar-refractivity contribution in [1.82, 2.24) is 10.2 Å². The standard InChI is InChI=1S/C4H6ClN2/c1-7-3-6-2-4(7)5/h6H,3H2,1H3. The van der Waals surface area contributed by atoms with Gasteiger partial charge in [-0.2, -0.15) is 0 Å². The Hall–Kier alpha value is -0.370. The molecule has 0 spiro atoms. The van der Waals surface area contributed by atoms with Crippen LogP contribution >= 0.6 is 11.6 Å². The van der Waals surface area contributed by atoms with Crippen LogP contribution in [0.4, 0.5) is 0 Å². The van der Waals surface area contributed by atoms with E-state index in [1.165, 1.54) is 0 Å². The number of hydrogen-bond acceptors (Lipinski definition) is 2. The van der Waals surface area contributed by atoms with Crippen molar-refractivity contribution in [1.29, 1.82) is 0 Å². The largest absolute Gasteiger partial charge is 0.364 e. The van der Waals surface area contributed by atoms with Crippen molar-refractivity contribution in [3.63, 3.8) is 0 Å². The molecule has 1 radical (unpaired) electrons. The second kappa shape index (κ2) is 1.62. The van der Waals surface area contributed by atoms with E-state index in [4.69, 9.17) is 11.6 Å². The molecule has 0 saturated carbocycles. The third-order valence-electron chi connectivity index (χ3n) is 0.843. The molecular formula is C4H6ClN2. The Kier molecular flexibility index (Phi) is 1.11. The zero-order valence-electron chi connectivity index (χ0n) is 4.03. The summed E-state index contributed by atoms with van der Waals surface area (Å²) in [5, 5.41) is 3.48. The first-order valence-corrected chi connectivity index (χ1v) is 2.41. The number of nitrogens with zero attached hydrogens (tertiary/aromatic N) is 1. The lowest BCUT2D eigenvalue weighted by atomic mass is 10.8. The molecule has 0 saturated heterocycles. The normalized spacial score (nSPS) is 19.1. The maximum atomic E-state index is 5.53. The smallest absolute Gasteiger partial charge is 0.131 e. The summed E-state index contributed by atoms with van der Waals surface area (Å²) >= 11 is 5.53. The minimum atomic E-state index is 0.653. The number of rotatable bonds is 0. The van der Waals surface area contributed by atoms with Crippen molar-refractivity contribution in [2.24, 2.45) is 0 Å². The maximum Gasteiger partial charge on any atom is 0.131 e. The molecule has 39 valence electrons. The van der Waals surface area contributed by atoms with Crippen LogP contribution in [0.1, 0.15) is 0 Å². The Bertz CT molecular complexity index is 99.9. The summed E-state index contributed by atoms with van der Waals surface area (Å²) in [6, 6.07) is 0. The highest BCUT2D eigenvalue weighted by atomic mass is 35.5. The lowest BCUT2D eigenvalue weighted by molar-refractivity contribution is 0.463. The summed E-state index contributed by atoms with van der Waals surface area (Å²) in [4.78, 5) is 1.86. The number of hydrogen-bond donors (Lipinski definition) is 1. The van der Waals surface area contributed by atoms with Gasteiger partial charge in [-0.3, -0.25) is 0 Å². The van der Waals surface area contributed by atoms with E-state index >= 15 is 0 Å². The third kappa shape index (κ3) is 0.800. The molecule has 0 bridgehead atoms. The van der Waals surface area contributed by atoms with E-state index in [1.807, 2.05) is 11.9 Å². The molecule has 0 aliphatic carbocycles. The van der Waals surface area contributed by atoms with Gasteiger partial charge < -0.3 is 10.2 Å². The Morgan fingerprint density at radius 2 is 2.71 bits per heavy atom. The molecule has 0 aromatic rings. The van der Waals surface area contributed by atoms with E-state index in [-0.39, 0.29) is 0 Å². The van der Waals surface area contributed by atoms with E-state index in [1.54, 1.807) is 0 Å². The SMILES string of the molecule is CN1CN[C]=C1Cl. The molecule has 0 atom stereocenters. The lowest BCUT2D eigenvalue weighted by Gasteiger charge is -2.06. The predicted octanol–water partition coefficient (Wildman–Crippen LogP) is 0.320. The van der Waals surface area contributed by atoms with Crippen LogP contribution in [-0.2, 0) is 0 Å². The molecule has 0 fully saturated rings. The summed E-state index contributed by atoms with van der Waals surface area (Å²) < 4.78 is 0. The molecule has 2 nitrogen and oxygen atoms in total. The van der Waals surface area contributed by atoms with Gasteiger partial charge in [0.15, 0.2) is 0 Å². The van der Waals surface area contributed by atoms with Crippen molar-refractivity contribution in [3.8, 4) is 0 Å². The second-order valence-corrected chi connectivity index (χ2v) is 1.81. The predicted molar refractivity (Wildman–Crippen MR) is 28.4 cm³/mol. The van der Waals surface area contributed by atoms with Crippen LogP contribution in [0, 0.1) is 6.20 Å². The number of halogens is 1. The fraction of sp³-hybridized carbons (Fsp3) is 0.500. The highest BCUT2D eigenvalue weighted by Crippen LogP contribution is 2.06. The Morgan fingerprint density at radius 1 is 2.00 bits per heavy atom. The van der Waals surface area contributed by atoms with Gasteiger partial charge >= 0.3 is 0 Å². The molecule has 0 unspecified atom stereocenters. The van der Waals surface area contributed by atoms with E-state index in [2.05, 4.69) is 11.5 Å². The monoisotopic (exact) mass is 117 g/mol. The molecule has 1 aliphatic heterocycles. The van der Waals surface area contributed by atoms with E-state index in [9.17, 15) is 0 Å². The van der Waals surface area contributed by atoms with Gasteiger partial charge in [0, 0.05) is 7.05 Å². The lowest BCUT2D eigenvalue weighted by Crippen LogP contribution is -2.16. The summed E-state index contributed by atoms with van der Waals surface area (Å²) in [6.07, 6.45) is 2.73. The van der Waals surface area contributed by atoms with Crippen LogP contribution in [0.25, 0.3) is 0 Å². The molecule has 3 heteroatoms. The maximum absolute atomic E-state index is 5.53. The highest BCUT2D eigenvalue weighted by Gasteiger charge is 2.04. The van der Waals surface area contributed by atoms with Gasteiger partial charge in [0.1, 0.15) is 5.16 Å². The van der Waals surface area contributed by atoms with Gasteiger partial charge in [-0.25, -0.2) is 0 Å². The zero-order valence-corrected chi connectivity index (χ0v) is 4.79. The molecule has 0 amide bonds. The van der Waals surface area contributed by atoms with E-state index in [0.29, 0.717) is 5.16 Å². The minimum Gasteiger partial charge on any atom is -0.364 e. The molecule has 0 aromatic heterocycles. The van der Waals surface area contributed by atoms with Crippen molar-refractivity contribution in [3.05, 3.63) is 11.4 Å². The van der Waals surface area contributed by atoms with Crippen LogP contribution in [-0.4, -0.2) is 18.6 Å². The van der Waals surface area contributed by atoms with Crippen LogP contribution in [0.5, 0.6) is 0 Å². The van der Waals surface area contributed by atoms with Crippen molar-refractivity contribution >= 4 is 11.6 Å². The Balaban J connectivity index is 2.54. The van der Waals surface area contributed by atoms with Gasteiger partial charge in [-0.15, -0.1) is 0 Å². The average molecular weight is 118 g/mol. The molecule has 1 rings (SSSR count). The zero-order chi connectivity index (χ0) is 5.28. The van der Waals surface area contributed by atoms with Crippen LogP contribution < -0.4 is 5.32 Å². The average Bonchev–Trinajstić information content (AvgIpc) is 1.91. The molecule has 7 heavy (non-hydrogen) atoms. The fourth-order valence-corrected chi connectivity index (χ4v) is 0.522. The molecule has 1 heterocycles. The van der Waals surface area contributed by atoms with Crippen LogP contribution in [0.15, 0.2) is 5.16 Å². The third-order valence-corrected chi connectivity index (χ3v) is 1.23. The quantitative estimate of drug-likeness (QED) is 0.460. The van der Waals surface area contributed by atoms with Crippen molar-refractivity contribution < 1.29 is 0 Å². The molecule has 1 aliphatic rings. The number of nitrogens with one attached hydrogen (secondary N) is 1. The van der Waals surface area contributed by atoms with Crippen LogP contribution in [0.2, 0.25) is 0 Å². The summed E-state index contributed by atoms with van der Waals surface area (Å²) in [5.41, 5.74) is 0. The molecule has 1 N–H and O–H groups in total. The first-order valence-electron chi connectivity index (χ1n) is 2.03.